The van der Waals surface area contributed by atoms with Crippen LogP contribution in [0.3, 0.4) is 0 Å². The van der Waals surface area contributed by atoms with Crippen LogP contribution in [0.1, 0.15) is 5.56 Å². The molecule has 1 aromatic carbocycles. The van der Waals surface area contributed by atoms with Crippen LogP contribution in [-0.2, 0) is 16.1 Å². The maximum atomic E-state index is 9.89. The van der Waals surface area contributed by atoms with E-state index in [4.69, 9.17) is 4.84 Å². The van der Waals surface area contributed by atoms with Gasteiger partial charge < -0.3 is 4.84 Å². The van der Waals surface area contributed by atoms with Crippen molar-refractivity contribution in [3.8, 4) is 5.75 Å². The van der Waals surface area contributed by atoms with Crippen LogP contribution in [0.4, 0.5) is 0 Å². The largest absolute Gasteiger partial charge is 0.346 e. The fraction of sp³-hybridized carbons (Fsp3) is 0.111. The number of carbonyl (C=O) groups excluding carboxylic acids is 2. The Kier molecular flexibility index (Phi) is 3.83. The van der Waals surface area contributed by atoms with Crippen molar-refractivity contribution >= 4 is 12.2 Å². The van der Waals surface area contributed by atoms with Crippen molar-refractivity contribution in [3.05, 3.63) is 29.8 Å². The van der Waals surface area contributed by atoms with Crippen LogP contribution < -0.4 is 4.84 Å². The summed E-state index contributed by atoms with van der Waals surface area (Å²) in [5.41, 5.74) is 0.648. The molecule has 0 unspecified atom stereocenters. The first-order valence-corrected chi connectivity index (χ1v) is 3.74. The first kappa shape index (κ1) is 9.86. The average Bonchev–Trinajstić information content (AvgIpc) is 2.24. The third-order valence-electron chi connectivity index (χ3n) is 1.47. The summed E-state index contributed by atoms with van der Waals surface area (Å²) in [6, 6.07) is 6.78. The topological polar surface area (TPSA) is 68.1 Å². The number of hydrogen-bond acceptors (Lipinski definition) is 5. The lowest BCUT2D eigenvalue weighted by molar-refractivity contribution is 0.333. The minimum Gasteiger partial charge on any atom is -0.346 e. The summed E-state index contributed by atoms with van der Waals surface area (Å²) in [7, 11) is 0. The van der Waals surface area contributed by atoms with Crippen LogP contribution in [-0.4, -0.2) is 12.2 Å². The molecule has 0 fully saturated rings. The SMILES string of the molecule is O=C=NCc1ccccc1ON=C=O. The van der Waals surface area contributed by atoms with Gasteiger partial charge in [0.05, 0.1) is 6.54 Å². The Hall–Kier alpha value is -2.22. The molecule has 0 spiro atoms. The molecular formula is C9H6N2O3. The van der Waals surface area contributed by atoms with E-state index < -0.39 is 0 Å². The molecule has 0 aromatic heterocycles. The number of benzene rings is 1. The molecule has 0 atom stereocenters. The molecule has 70 valence electrons. The highest BCUT2D eigenvalue weighted by atomic mass is 16.6. The fourth-order valence-electron chi connectivity index (χ4n) is 0.909. The van der Waals surface area contributed by atoms with Gasteiger partial charge in [-0.15, -0.1) is 0 Å². The van der Waals surface area contributed by atoms with Crippen LogP contribution in [0.5, 0.6) is 5.75 Å². The lowest BCUT2D eigenvalue weighted by atomic mass is 10.2. The van der Waals surface area contributed by atoms with E-state index in [-0.39, 0.29) is 6.54 Å². The quantitative estimate of drug-likeness (QED) is 0.406. The standard InChI is InChI=1S/C9H6N2O3/c12-6-10-5-8-3-1-2-4-9(8)14-11-7-13/h1-4H,5H2. The van der Waals surface area contributed by atoms with Crippen molar-refractivity contribution in [2.45, 2.75) is 6.54 Å². The molecule has 0 saturated heterocycles. The maximum Gasteiger partial charge on any atom is 0.277 e. The van der Waals surface area contributed by atoms with Crippen molar-refractivity contribution < 1.29 is 14.4 Å². The molecule has 0 bridgehead atoms. The zero-order valence-electron chi connectivity index (χ0n) is 7.14. The van der Waals surface area contributed by atoms with Gasteiger partial charge in [-0.05, 0) is 6.07 Å². The number of rotatable bonds is 4. The van der Waals surface area contributed by atoms with Gasteiger partial charge in [-0.25, -0.2) is 14.6 Å². The fourth-order valence-corrected chi connectivity index (χ4v) is 0.909. The van der Waals surface area contributed by atoms with E-state index in [0.717, 1.165) is 0 Å². The molecule has 5 heteroatoms. The van der Waals surface area contributed by atoms with Crippen molar-refractivity contribution in [1.82, 2.24) is 0 Å². The van der Waals surface area contributed by atoms with Crippen molar-refractivity contribution in [1.29, 1.82) is 0 Å². The van der Waals surface area contributed by atoms with Gasteiger partial charge in [-0.1, -0.05) is 18.2 Å². The first-order valence-electron chi connectivity index (χ1n) is 3.74. The van der Waals surface area contributed by atoms with Gasteiger partial charge in [-0.2, -0.15) is 0 Å². The molecule has 0 heterocycles. The molecule has 1 aromatic rings. The Morgan fingerprint density at radius 3 is 2.71 bits per heavy atom. The predicted molar refractivity (Wildman–Crippen MR) is 47.0 cm³/mol. The van der Waals surface area contributed by atoms with Crippen molar-refractivity contribution in [2.24, 2.45) is 10.1 Å². The van der Waals surface area contributed by atoms with Gasteiger partial charge in [0, 0.05) is 10.7 Å². The van der Waals surface area contributed by atoms with Crippen LogP contribution in [0.2, 0.25) is 0 Å². The molecule has 0 aliphatic heterocycles. The Balaban J connectivity index is 2.89. The van der Waals surface area contributed by atoms with Gasteiger partial charge in [0.25, 0.3) is 6.08 Å². The molecule has 1 rings (SSSR count). The lowest BCUT2D eigenvalue weighted by Crippen LogP contribution is -1.89. The van der Waals surface area contributed by atoms with Gasteiger partial charge in [0.2, 0.25) is 6.08 Å². The zero-order valence-corrected chi connectivity index (χ0v) is 7.14. The van der Waals surface area contributed by atoms with E-state index in [9.17, 15) is 9.59 Å². The lowest BCUT2D eigenvalue weighted by Gasteiger charge is -2.01. The van der Waals surface area contributed by atoms with E-state index in [1.807, 2.05) is 0 Å². The van der Waals surface area contributed by atoms with Crippen LogP contribution in [0, 0.1) is 0 Å². The second kappa shape index (κ2) is 5.43. The van der Waals surface area contributed by atoms with Crippen molar-refractivity contribution in [3.63, 3.8) is 0 Å². The van der Waals surface area contributed by atoms with Crippen LogP contribution in [0.25, 0.3) is 0 Å². The van der Waals surface area contributed by atoms with Crippen LogP contribution in [0.15, 0.2) is 34.4 Å². The molecule has 5 nitrogen and oxygen atoms in total. The minimum atomic E-state index is 0.147. The van der Waals surface area contributed by atoms with Crippen LogP contribution >= 0.6 is 0 Å². The summed E-state index contributed by atoms with van der Waals surface area (Å²) < 4.78 is 0. The summed E-state index contributed by atoms with van der Waals surface area (Å²) in [6.45, 7) is 0.147. The molecule has 0 N–H and O–H groups in total. The summed E-state index contributed by atoms with van der Waals surface area (Å²) in [6.07, 6.45) is 2.66. The Morgan fingerprint density at radius 1 is 1.21 bits per heavy atom. The molecule has 14 heavy (non-hydrogen) atoms. The normalized spacial score (nSPS) is 8.29. The Morgan fingerprint density at radius 2 is 2.00 bits per heavy atom. The molecule has 0 aliphatic rings. The number of aliphatic imine (C=N–C) groups is 1. The molecule has 0 saturated carbocycles. The summed E-state index contributed by atoms with van der Waals surface area (Å²) in [5, 5.41) is 2.97. The van der Waals surface area contributed by atoms with E-state index in [1.165, 1.54) is 12.2 Å². The first-order chi connectivity index (χ1) is 6.88. The average molecular weight is 190 g/mol. The Bertz CT molecular complexity index is 365. The highest BCUT2D eigenvalue weighted by Gasteiger charge is 2.01. The van der Waals surface area contributed by atoms with E-state index in [1.54, 1.807) is 24.3 Å². The van der Waals surface area contributed by atoms with Crippen molar-refractivity contribution in [2.75, 3.05) is 0 Å². The zero-order chi connectivity index (χ0) is 10.2. The molecule has 0 aliphatic carbocycles. The second-order valence-corrected chi connectivity index (χ2v) is 2.29. The highest BCUT2D eigenvalue weighted by molar-refractivity contribution is 5.38. The van der Waals surface area contributed by atoms with E-state index in [2.05, 4.69) is 10.1 Å². The number of para-hydroxylation sites is 1. The number of nitrogens with zero attached hydrogens (tertiary/aromatic N) is 2. The summed E-state index contributed by atoms with van der Waals surface area (Å²) in [4.78, 5) is 27.8. The Labute approximate surface area is 79.7 Å². The monoisotopic (exact) mass is 190 g/mol. The minimum absolute atomic E-state index is 0.147. The second-order valence-electron chi connectivity index (χ2n) is 2.29. The van der Waals surface area contributed by atoms with E-state index >= 15 is 0 Å². The van der Waals surface area contributed by atoms with Gasteiger partial charge in [0.1, 0.15) is 0 Å². The summed E-state index contributed by atoms with van der Waals surface area (Å²) in [5.74, 6) is 0.370. The third-order valence-corrected chi connectivity index (χ3v) is 1.47. The van der Waals surface area contributed by atoms with E-state index in [0.29, 0.717) is 11.3 Å². The molecule has 0 amide bonds. The predicted octanol–water partition coefficient (Wildman–Crippen LogP) is 1.15. The smallest absolute Gasteiger partial charge is 0.277 e. The maximum absolute atomic E-state index is 9.89. The van der Waals surface area contributed by atoms with Gasteiger partial charge >= 0.3 is 0 Å². The molecular weight excluding hydrogens is 184 g/mol. The van der Waals surface area contributed by atoms with Gasteiger partial charge in [0.15, 0.2) is 5.75 Å². The number of isocyanates is 2. The highest BCUT2D eigenvalue weighted by Crippen LogP contribution is 2.18. The number of hydrogen-bond donors (Lipinski definition) is 0. The molecule has 0 radical (unpaired) electrons. The summed E-state index contributed by atoms with van der Waals surface area (Å²) >= 11 is 0. The third kappa shape index (κ3) is 2.68. The van der Waals surface area contributed by atoms with Gasteiger partial charge in [-0.3, -0.25) is 0 Å².